The van der Waals surface area contributed by atoms with Crippen LogP contribution in [0.25, 0.3) is 11.0 Å². The van der Waals surface area contributed by atoms with Crippen LogP contribution in [0.3, 0.4) is 0 Å². The Balaban J connectivity index is 1.99. The first-order valence-corrected chi connectivity index (χ1v) is 5.57. The van der Waals surface area contributed by atoms with E-state index in [1.54, 1.807) is 0 Å². The van der Waals surface area contributed by atoms with Crippen LogP contribution >= 0.6 is 0 Å². The van der Waals surface area contributed by atoms with Gasteiger partial charge in [-0.05, 0) is 17.7 Å². The van der Waals surface area contributed by atoms with Crippen LogP contribution in [0, 0.1) is 0 Å². The number of morpholine rings is 1. The minimum absolute atomic E-state index is 0.278. The number of rotatable bonds is 1. The zero-order valence-electron chi connectivity index (χ0n) is 9.31. The van der Waals surface area contributed by atoms with Crippen LogP contribution < -0.4 is 5.32 Å². The summed E-state index contributed by atoms with van der Waals surface area (Å²) in [6, 6.07) is 4.50. The predicted octanol–water partition coefficient (Wildman–Crippen LogP) is 1.23. The number of nitrogens with one attached hydrogen (secondary N) is 1. The highest BCUT2D eigenvalue weighted by Gasteiger charge is 2.16. The van der Waals surface area contributed by atoms with Gasteiger partial charge in [-0.1, -0.05) is 0 Å². The molecule has 1 fully saturated rings. The minimum atomic E-state index is 0.278. The molecule has 2 aromatic rings. The van der Waals surface area contributed by atoms with Crippen molar-refractivity contribution in [3.63, 3.8) is 0 Å². The average Bonchev–Trinajstić information content (AvgIpc) is 2.72. The molecule has 1 aliphatic rings. The highest BCUT2D eigenvalue weighted by molar-refractivity contribution is 5.76. The Bertz CT molecular complexity index is 500. The molecule has 0 amide bonds. The molecule has 4 nitrogen and oxygen atoms in total. The second-order valence-electron chi connectivity index (χ2n) is 4.18. The monoisotopic (exact) mass is 217 g/mol. The molecule has 2 aromatic heterocycles. The summed E-state index contributed by atoms with van der Waals surface area (Å²) >= 11 is 0. The summed E-state index contributed by atoms with van der Waals surface area (Å²) < 4.78 is 7.56. The number of nitrogens with zero attached hydrogens (tertiary/aromatic N) is 2. The number of aromatic nitrogens is 2. The third-order valence-corrected chi connectivity index (χ3v) is 3.08. The standard InChI is InChI=1S/C12H15N3O/c1-15-4-2-10-12(15)6-9(7-14-10)11-8-16-5-3-13-11/h2,4,6-7,11,13H,3,5,8H2,1H3. The fraction of sp³-hybridized carbons (Fsp3) is 0.417. The van der Waals surface area contributed by atoms with Crippen molar-refractivity contribution in [1.29, 1.82) is 0 Å². The largest absolute Gasteiger partial charge is 0.378 e. The van der Waals surface area contributed by atoms with E-state index >= 15 is 0 Å². The Morgan fingerprint density at radius 3 is 3.31 bits per heavy atom. The zero-order chi connectivity index (χ0) is 11.0. The van der Waals surface area contributed by atoms with Crippen molar-refractivity contribution in [1.82, 2.24) is 14.9 Å². The van der Waals surface area contributed by atoms with Gasteiger partial charge in [-0.15, -0.1) is 0 Å². The van der Waals surface area contributed by atoms with E-state index in [4.69, 9.17) is 4.74 Å². The second kappa shape index (κ2) is 3.88. The maximum absolute atomic E-state index is 5.46. The molecule has 0 saturated carbocycles. The summed E-state index contributed by atoms with van der Waals surface area (Å²) in [5.74, 6) is 0. The van der Waals surface area contributed by atoms with Crippen LogP contribution in [-0.4, -0.2) is 29.3 Å². The highest BCUT2D eigenvalue weighted by Crippen LogP contribution is 2.20. The third kappa shape index (κ3) is 1.60. The molecular weight excluding hydrogens is 202 g/mol. The molecule has 16 heavy (non-hydrogen) atoms. The molecule has 1 unspecified atom stereocenters. The van der Waals surface area contributed by atoms with Gasteiger partial charge in [0.15, 0.2) is 0 Å². The smallest absolute Gasteiger partial charge is 0.0881 e. The molecule has 3 heterocycles. The fourth-order valence-electron chi connectivity index (χ4n) is 2.12. The summed E-state index contributed by atoms with van der Waals surface area (Å²) in [7, 11) is 2.04. The van der Waals surface area contributed by atoms with Gasteiger partial charge in [0.2, 0.25) is 0 Å². The normalized spacial score (nSPS) is 21.4. The SMILES string of the molecule is Cn1ccc2ncc(C3COCCN3)cc21. The van der Waals surface area contributed by atoms with E-state index in [0.29, 0.717) is 0 Å². The summed E-state index contributed by atoms with van der Waals surface area (Å²) in [5.41, 5.74) is 3.42. The molecule has 0 radical (unpaired) electrons. The van der Waals surface area contributed by atoms with Gasteiger partial charge in [-0.2, -0.15) is 0 Å². The summed E-state index contributed by atoms with van der Waals surface area (Å²) in [5, 5.41) is 3.44. The van der Waals surface area contributed by atoms with Gasteiger partial charge in [0, 0.05) is 26.0 Å². The van der Waals surface area contributed by atoms with Crippen LogP contribution in [0.2, 0.25) is 0 Å². The van der Waals surface area contributed by atoms with Crippen LogP contribution in [-0.2, 0) is 11.8 Å². The lowest BCUT2D eigenvalue weighted by Gasteiger charge is -2.23. The van der Waals surface area contributed by atoms with E-state index in [9.17, 15) is 0 Å². The van der Waals surface area contributed by atoms with Gasteiger partial charge in [0.25, 0.3) is 0 Å². The van der Waals surface area contributed by atoms with Gasteiger partial charge in [0.05, 0.1) is 30.3 Å². The Morgan fingerprint density at radius 1 is 1.56 bits per heavy atom. The second-order valence-corrected chi connectivity index (χ2v) is 4.18. The van der Waals surface area contributed by atoms with E-state index in [2.05, 4.69) is 20.9 Å². The number of hydrogen-bond acceptors (Lipinski definition) is 3. The maximum Gasteiger partial charge on any atom is 0.0881 e. The van der Waals surface area contributed by atoms with Crippen LogP contribution in [0.5, 0.6) is 0 Å². The molecule has 0 spiro atoms. The van der Waals surface area contributed by atoms with Crippen molar-refractivity contribution in [2.24, 2.45) is 7.05 Å². The third-order valence-electron chi connectivity index (χ3n) is 3.08. The van der Waals surface area contributed by atoms with E-state index in [-0.39, 0.29) is 6.04 Å². The number of ether oxygens (including phenoxy) is 1. The van der Waals surface area contributed by atoms with Crippen molar-refractivity contribution in [2.75, 3.05) is 19.8 Å². The molecule has 84 valence electrons. The minimum Gasteiger partial charge on any atom is -0.378 e. The van der Waals surface area contributed by atoms with Gasteiger partial charge in [-0.25, -0.2) is 0 Å². The molecule has 1 aliphatic heterocycles. The summed E-state index contributed by atoms with van der Waals surface area (Å²) in [6.07, 6.45) is 3.97. The van der Waals surface area contributed by atoms with Crippen LogP contribution in [0.15, 0.2) is 24.5 Å². The Kier molecular flexibility index (Phi) is 2.38. The Hall–Kier alpha value is -1.39. The Morgan fingerprint density at radius 2 is 2.50 bits per heavy atom. The van der Waals surface area contributed by atoms with Gasteiger partial charge < -0.3 is 14.6 Å². The van der Waals surface area contributed by atoms with Crippen LogP contribution in [0.1, 0.15) is 11.6 Å². The molecule has 1 atom stereocenters. The van der Waals surface area contributed by atoms with Crippen molar-refractivity contribution in [2.45, 2.75) is 6.04 Å². The first-order valence-electron chi connectivity index (χ1n) is 5.57. The quantitative estimate of drug-likeness (QED) is 0.781. The topological polar surface area (TPSA) is 39.1 Å². The number of hydrogen-bond donors (Lipinski definition) is 1. The van der Waals surface area contributed by atoms with E-state index in [1.165, 1.54) is 11.1 Å². The lowest BCUT2D eigenvalue weighted by molar-refractivity contribution is 0.0768. The average molecular weight is 217 g/mol. The molecule has 3 rings (SSSR count). The van der Waals surface area contributed by atoms with E-state index in [1.807, 2.05) is 25.5 Å². The van der Waals surface area contributed by atoms with Crippen LogP contribution in [0.4, 0.5) is 0 Å². The number of aryl methyl sites for hydroxylation is 1. The molecule has 1 saturated heterocycles. The fourth-order valence-corrected chi connectivity index (χ4v) is 2.12. The Labute approximate surface area is 94.2 Å². The lowest BCUT2D eigenvalue weighted by Crippen LogP contribution is -2.34. The van der Waals surface area contributed by atoms with E-state index in [0.717, 1.165) is 25.3 Å². The maximum atomic E-state index is 5.46. The first kappa shape index (κ1) is 9.81. The molecule has 0 aromatic carbocycles. The van der Waals surface area contributed by atoms with Crippen molar-refractivity contribution < 1.29 is 4.74 Å². The highest BCUT2D eigenvalue weighted by atomic mass is 16.5. The van der Waals surface area contributed by atoms with Crippen molar-refractivity contribution in [3.05, 3.63) is 30.1 Å². The predicted molar refractivity (Wildman–Crippen MR) is 62.3 cm³/mol. The molecule has 0 aliphatic carbocycles. The summed E-state index contributed by atoms with van der Waals surface area (Å²) in [4.78, 5) is 4.46. The number of fused-ring (bicyclic) bond motifs is 1. The zero-order valence-corrected chi connectivity index (χ0v) is 9.31. The summed E-state index contributed by atoms with van der Waals surface area (Å²) in [6.45, 7) is 2.45. The molecule has 0 bridgehead atoms. The molecular formula is C12H15N3O. The van der Waals surface area contributed by atoms with E-state index < -0.39 is 0 Å². The molecule has 1 N–H and O–H groups in total. The van der Waals surface area contributed by atoms with Gasteiger partial charge in [0.1, 0.15) is 0 Å². The lowest BCUT2D eigenvalue weighted by atomic mass is 10.1. The molecule has 4 heteroatoms. The van der Waals surface area contributed by atoms with Crippen molar-refractivity contribution >= 4 is 11.0 Å². The first-order chi connectivity index (χ1) is 7.84. The number of pyridine rings is 1. The van der Waals surface area contributed by atoms with Crippen molar-refractivity contribution in [3.8, 4) is 0 Å². The van der Waals surface area contributed by atoms with Gasteiger partial charge in [-0.3, -0.25) is 4.98 Å². The van der Waals surface area contributed by atoms with Gasteiger partial charge >= 0.3 is 0 Å².